The Hall–Kier alpha value is -0.300. The highest BCUT2D eigenvalue weighted by atomic mass is 79.9. The second-order valence-corrected chi connectivity index (χ2v) is 3.41. The second kappa shape index (κ2) is 10.8. The lowest BCUT2D eigenvalue weighted by molar-refractivity contribution is 1.01. The summed E-state index contributed by atoms with van der Waals surface area (Å²) in [5.41, 5.74) is 14.4. The van der Waals surface area contributed by atoms with Gasteiger partial charge in [-0.15, -0.1) is 34.0 Å². The largest absolute Gasteiger partial charge is 0.384 e. The maximum Gasteiger partial charge on any atom is 0.0391 e. The quantitative estimate of drug-likeness (QED) is 0.617. The summed E-state index contributed by atoms with van der Waals surface area (Å²) in [5, 5.41) is 6.57. The summed E-state index contributed by atoms with van der Waals surface area (Å²) in [6.45, 7) is 4.94. The Morgan fingerprint density at radius 3 is 1.71 bits per heavy atom. The van der Waals surface area contributed by atoms with Crippen LogP contribution in [0.5, 0.6) is 0 Å². The number of hydrogen-bond acceptors (Lipinski definition) is 4. The van der Waals surface area contributed by atoms with Crippen molar-refractivity contribution < 1.29 is 0 Å². The monoisotopic (exact) mass is 368 g/mol. The zero-order valence-electron chi connectivity index (χ0n) is 10.0. The van der Waals surface area contributed by atoms with Crippen LogP contribution in [0.2, 0.25) is 0 Å². The molecule has 0 spiro atoms. The number of halogens is 2. The average molecular weight is 370 g/mol. The smallest absolute Gasteiger partial charge is 0.0391 e. The molecule has 0 atom stereocenters. The lowest BCUT2D eigenvalue weighted by Crippen LogP contribution is -2.16. The average Bonchev–Trinajstić information content (AvgIpc) is 2.26. The Bertz CT molecular complexity index is 281. The Morgan fingerprint density at radius 2 is 1.35 bits per heavy atom. The van der Waals surface area contributed by atoms with E-state index in [1.54, 1.807) is 0 Å². The Kier molecular flexibility index (Phi) is 12.1. The van der Waals surface area contributed by atoms with Gasteiger partial charge >= 0.3 is 0 Å². The summed E-state index contributed by atoms with van der Waals surface area (Å²) in [6.07, 6.45) is 0. The van der Waals surface area contributed by atoms with Crippen molar-refractivity contribution in [2.24, 2.45) is 11.5 Å². The molecule has 0 aromatic heterocycles. The molecule has 100 valence electrons. The minimum absolute atomic E-state index is 0. The standard InChI is InChI=1S/C11H20N4.2BrH/c1-9-10(14-7-5-12)3-2-4-11(9)15-8-6-13;;/h2-4,14-15H,5-8,12-13H2,1H3;2*1H. The third kappa shape index (κ3) is 6.26. The van der Waals surface area contributed by atoms with Crippen LogP contribution in [0.25, 0.3) is 0 Å². The van der Waals surface area contributed by atoms with Crippen molar-refractivity contribution in [1.29, 1.82) is 0 Å². The predicted molar refractivity (Wildman–Crippen MR) is 86.9 cm³/mol. The molecule has 6 N–H and O–H groups in total. The molecule has 1 aromatic rings. The number of nitrogens with two attached hydrogens (primary N) is 2. The van der Waals surface area contributed by atoms with E-state index in [4.69, 9.17) is 11.5 Å². The van der Waals surface area contributed by atoms with Crippen molar-refractivity contribution in [1.82, 2.24) is 0 Å². The van der Waals surface area contributed by atoms with Crippen LogP contribution in [0.4, 0.5) is 11.4 Å². The molecular formula is C11H22Br2N4. The molecule has 0 saturated carbocycles. The van der Waals surface area contributed by atoms with Gasteiger partial charge < -0.3 is 22.1 Å². The minimum atomic E-state index is 0. The summed E-state index contributed by atoms with van der Waals surface area (Å²) >= 11 is 0. The molecule has 6 heteroatoms. The molecule has 0 aliphatic rings. The molecule has 4 nitrogen and oxygen atoms in total. The lowest BCUT2D eigenvalue weighted by atomic mass is 10.1. The van der Waals surface area contributed by atoms with Crippen molar-refractivity contribution in [2.45, 2.75) is 6.92 Å². The highest BCUT2D eigenvalue weighted by Crippen LogP contribution is 2.22. The molecule has 1 rings (SSSR count). The van der Waals surface area contributed by atoms with Crippen LogP contribution in [0, 0.1) is 6.92 Å². The van der Waals surface area contributed by atoms with Gasteiger partial charge in [0.15, 0.2) is 0 Å². The van der Waals surface area contributed by atoms with E-state index < -0.39 is 0 Å². The maximum atomic E-state index is 5.45. The zero-order chi connectivity index (χ0) is 11.1. The number of anilines is 2. The molecule has 0 radical (unpaired) electrons. The molecule has 0 saturated heterocycles. The fraction of sp³-hybridized carbons (Fsp3) is 0.455. The van der Waals surface area contributed by atoms with Gasteiger partial charge in [-0.1, -0.05) is 6.07 Å². The highest BCUT2D eigenvalue weighted by molar-refractivity contribution is 8.93. The van der Waals surface area contributed by atoms with Gasteiger partial charge in [0.05, 0.1) is 0 Å². The molecule has 17 heavy (non-hydrogen) atoms. The van der Waals surface area contributed by atoms with E-state index in [1.807, 2.05) is 6.07 Å². The van der Waals surface area contributed by atoms with Crippen LogP contribution in [0.15, 0.2) is 18.2 Å². The van der Waals surface area contributed by atoms with E-state index in [0.29, 0.717) is 13.1 Å². The first-order valence-electron chi connectivity index (χ1n) is 5.27. The lowest BCUT2D eigenvalue weighted by Gasteiger charge is -2.13. The normalized spacial score (nSPS) is 8.88. The SMILES string of the molecule is Br.Br.Cc1c(NCCN)cccc1NCCN. The van der Waals surface area contributed by atoms with E-state index in [2.05, 4.69) is 29.7 Å². The van der Waals surface area contributed by atoms with E-state index in [9.17, 15) is 0 Å². The molecular weight excluding hydrogens is 348 g/mol. The van der Waals surface area contributed by atoms with Crippen LogP contribution in [0.3, 0.4) is 0 Å². The number of rotatable bonds is 6. The Balaban J connectivity index is 0. The molecule has 0 fully saturated rings. The Labute approximate surface area is 124 Å². The van der Waals surface area contributed by atoms with Gasteiger partial charge in [0.2, 0.25) is 0 Å². The van der Waals surface area contributed by atoms with Crippen LogP contribution < -0.4 is 22.1 Å². The van der Waals surface area contributed by atoms with Gasteiger partial charge in [0.25, 0.3) is 0 Å². The van der Waals surface area contributed by atoms with Crippen LogP contribution in [0.1, 0.15) is 5.56 Å². The van der Waals surface area contributed by atoms with Crippen LogP contribution in [-0.4, -0.2) is 26.2 Å². The summed E-state index contributed by atoms with van der Waals surface area (Å²) < 4.78 is 0. The summed E-state index contributed by atoms with van der Waals surface area (Å²) in [6, 6.07) is 6.13. The molecule has 0 aliphatic heterocycles. The zero-order valence-corrected chi connectivity index (χ0v) is 13.5. The number of benzene rings is 1. The first kappa shape index (κ1) is 19.0. The first-order chi connectivity index (χ1) is 7.29. The van der Waals surface area contributed by atoms with Crippen LogP contribution >= 0.6 is 34.0 Å². The predicted octanol–water partition coefficient (Wildman–Crippen LogP) is 1.89. The molecule has 1 aromatic carbocycles. The molecule has 0 amide bonds. The van der Waals surface area contributed by atoms with Gasteiger partial charge in [-0.3, -0.25) is 0 Å². The molecule has 0 heterocycles. The van der Waals surface area contributed by atoms with Gasteiger partial charge in [-0.05, 0) is 24.6 Å². The second-order valence-electron chi connectivity index (χ2n) is 3.41. The summed E-state index contributed by atoms with van der Waals surface area (Å²) in [4.78, 5) is 0. The fourth-order valence-electron chi connectivity index (χ4n) is 1.43. The summed E-state index contributed by atoms with van der Waals surface area (Å²) in [7, 11) is 0. The third-order valence-electron chi connectivity index (χ3n) is 2.25. The van der Waals surface area contributed by atoms with Crippen molar-refractivity contribution in [3.05, 3.63) is 23.8 Å². The summed E-state index contributed by atoms with van der Waals surface area (Å²) in [5.74, 6) is 0. The third-order valence-corrected chi connectivity index (χ3v) is 2.25. The van der Waals surface area contributed by atoms with Crippen molar-refractivity contribution in [3.63, 3.8) is 0 Å². The molecule has 0 unspecified atom stereocenters. The van der Waals surface area contributed by atoms with Gasteiger partial charge in [0, 0.05) is 37.6 Å². The highest BCUT2D eigenvalue weighted by Gasteiger charge is 2.01. The van der Waals surface area contributed by atoms with Crippen molar-refractivity contribution >= 4 is 45.3 Å². The van der Waals surface area contributed by atoms with Crippen molar-refractivity contribution in [2.75, 3.05) is 36.8 Å². The fourth-order valence-corrected chi connectivity index (χ4v) is 1.43. The van der Waals surface area contributed by atoms with E-state index >= 15 is 0 Å². The van der Waals surface area contributed by atoms with Gasteiger partial charge in [-0.2, -0.15) is 0 Å². The number of nitrogens with one attached hydrogen (secondary N) is 2. The van der Waals surface area contributed by atoms with E-state index in [1.165, 1.54) is 5.56 Å². The number of hydrogen-bond donors (Lipinski definition) is 4. The van der Waals surface area contributed by atoms with E-state index in [0.717, 1.165) is 24.5 Å². The topological polar surface area (TPSA) is 76.1 Å². The van der Waals surface area contributed by atoms with E-state index in [-0.39, 0.29) is 34.0 Å². The van der Waals surface area contributed by atoms with Crippen LogP contribution in [-0.2, 0) is 0 Å². The first-order valence-corrected chi connectivity index (χ1v) is 5.27. The van der Waals surface area contributed by atoms with Gasteiger partial charge in [-0.25, -0.2) is 0 Å². The maximum absolute atomic E-state index is 5.45. The molecule has 0 aliphatic carbocycles. The molecule has 0 bridgehead atoms. The van der Waals surface area contributed by atoms with Gasteiger partial charge in [0.1, 0.15) is 0 Å². The Morgan fingerprint density at radius 1 is 0.941 bits per heavy atom. The minimum Gasteiger partial charge on any atom is -0.384 e. The van der Waals surface area contributed by atoms with Crippen molar-refractivity contribution in [3.8, 4) is 0 Å².